The fraction of sp³-hybridized carbons (Fsp3) is 0.273. The highest BCUT2D eigenvalue weighted by atomic mass is 79.9. The normalized spacial score (nSPS) is 10.1. The summed E-state index contributed by atoms with van der Waals surface area (Å²) in [5, 5.41) is 3.45. The largest absolute Gasteiger partial charge is 0.496 e. The van der Waals surface area contributed by atoms with Crippen molar-refractivity contribution in [3.8, 4) is 5.75 Å². The zero-order chi connectivity index (χ0) is 11.8. The lowest BCUT2D eigenvalue weighted by molar-refractivity contribution is 0.413. The van der Waals surface area contributed by atoms with Crippen LogP contribution in [-0.4, -0.2) is 13.7 Å². The highest BCUT2D eigenvalue weighted by molar-refractivity contribution is 9.10. The van der Waals surface area contributed by atoms with Gasteiger partial charge >= 0.3 is 0 Å². The molecule has 0 atom stereocenters. The van der Waals surface area contributed by atoms with E-state index >= 15 is 0 Å². The Kier molecular flexibility index (Phi) is 5.46. The van der Waals surface area contributed by atoms with Gasteiger partial charge < -0.3 is 4.74 Å². The van der Waals surface area contributed by atoms with Gasteiger partial charge in [-0.2, -0.15) is 0 Å². The maximum Gasteiger partial charge on any atom is 0.127 e. The van der Waals surface area contributed by atoms with E-state index in [1.165, 1.54) is 0 Å². The van der Waals surface area contributed by atoms with Crippen LogP contribution in [0.2, 0.25) is 0 Å². The van der Waals surface area contributed by atoms with Crippen molar-refractivity contribution in [3.05, 3.63) is 44.8 Å². The predicted octanol–water partition coefficient (Wildman–Crippen LogP) is 4.17. The molecule has 0 radical (unpaired) electrons. The van der Waals surface area contributed by atoms with E-state index in [2.05, 4.69) is 26.0 Å². The highest BCUT2D eigenvalue weighted by Gasteiger charge is 1.99. The minimum absolute atomic E-state index is 0.478. The van der Waals surface area contributed by atoms with Crippen molar-refractivity contribution < 1.29 is 4.74 Å². The molecule has 0 saturated heterocycles. The Morgan fingerprint density at radius 2 is 2.38 bits per heavy atom. The van der Waals surface area contributed by atoms with Crippen molar-refractivity contribution in [2.45, 2.75) is 6.42 Å². The molecule has 0 N–H and O–H groups in total. The van der Waals surface area contributed by atoms with E-state index in [9.17, 15) is 0 Å². The topological polar surface area (TPSA) is 58.0 Å². The molecule has 0 bridgehead atoms. The summed E-state index contributed by atoms with van der Waals surface area (Å²) in [6, 6.07) is 5.83. The van der Waals surface area contributed by atoms with Crippen LogP contribution in [0.3, 0.4) is 0 Å². The molecule has 4 nitrogen and oxygen atoms in total. The van der Waals surface area contributed by atoms with Gasteiger partial charge in [-0.15, -0.1) is 0 Å². The summed E-state index contributed by atoms with van der Waals surface area (Å²) in [6.07, 6.45) is 4.64. The predicted molar refractivity (Wildman–Crippen MR) is 68.4 cm³/mol. The lowest BCUT2D eigenvalue weighted by atomic mass is 10.2. The molecule has 0 aliphatic heterocycles. The number of methoxy groups -OCH3 is 1. The van der Waals surface area contributed by atoms with Crippen molar-refractivity contribution in [1.29, 1.82) is 0 Å². The van der Waals surface area contributed by atoms with Gasteiger partial charge in [0, 0.05) is 21.5 Å². The molecule has 84 valence electrons. The van der Waals surface area contributed by atoms with Crippen molar-refractivity contribution >= 4 is 22.0 Å². The Hall–Kier alpha value is -1.45. The van der Waals surface area contributed by atoms with E-state index in [4.69, 9.17) is 10.3 Å². The molecule has 0 aliphatic carbocycles. The van der Waals surface area contributed by atoms with Gasteiger partial charge in [0.1, 0.15) is 5.75 Å². The minimum Gasteiger partial charge on any atom is -0.496 e. The van der Waals surface area contributed by atoms with E-state index in [0.29, 0.717) is 6.54 Å². The van der Waals surface area contributed by atoms with Crippen LogP contribution in [0, 0.1) is 0 Å². The zero-order valence-corrected chi connectivity index (χ0v) is 10.5. The number of benzene rings is 1. The van der Waals surface area contributed by atoms with Crippen molar-refractivity contribution in [2.75, 3.05) is 13.7 Å². The summed E-state index contributed by atoms with van der Waals surface area (Å²) in [4.78, 5) is 2.69. The number of nitrogens with zero attached hydrogens (tertiary/aromatic N) is 3. The summed E-state index contributed by atoms with van der Waals surface area (Å²) >= 11 is 3.38. The molecule has 5 heteroatoms. The average Bonchev–Trinajstić information content (AvgIpc) is 2.30. The molecule has 0 saturated carbocycles. The van der Waals surface area contributed by atoms with Gasteiger partial charge in [-0.1, -0.05) is 39.3 Å². The van der Waals surface area contributed by atoms with Crippen LogP contribution in [-0.2, 0) is 0 Å². The molecular formula is C11H12BrN3O. The second-order valence-corrected chi connectivity index (χ2v) is 3.95. The smallest absolute Gasteiger partial charge is 0.127 e. The third kappa shape index (κ3) is 3.96. The first-order valence-corrected chi connectivity index (χ1v) is 5.58. The van der Waals surface area contributed by atoms with E-state index in [1.807, 2.05) is 30.4 Å². The number of azide groups is 1. The van der Waals surface area contributed by atoms with Crippen LogP contribution >= 0.6 is 15.9 Å². The summed E-state index contributed by atoms with van der Waals surface area (Å²) in [7, 11) is 1.64. The Balaban J connectivity index is 2.68. The number of halogens is 1. The standard InChI is InChI=1S/C11H12BrN3O/c1-16-11-8-10(12)6-5-9(11)4-2-3-7-14-15-13/h2,4-6,8H,3,7H2,1H3. The van der Waals surface area contributed by atoms with Gasteiger partial charge in [0.05, 0.1) is 7.11 Å². The third-order valence-electron chi connectivity index (χ3n) is 1.95. The number of hydrogen-bond donors (Lipinski definition) is 0. The quantitative estimate of drug-likeness (QED) is 0.346. The molecule has 0 fully saturated rings. The highest BCUT2D eigenvalue weighted by Crippen LogP contribution is 2.24. The monoisotopic (exact) mass is 281 g/mol. The molecule has 0 spiro atoms. The molecule has 1 rings (SSSR count). The van der Waals surface area contributed by atoms with Gasteiger partial charge in [-0.3, -0.25) is 0 Å². The maximum absolute atomic E-state index is 8.10. The fourth-order valence-electron chi connectivity index (χ4n) is 1.21. The number of hydrogen-bond acceptors (Lipinski definition) is 2. The first-order valence-electron chi connectivity index (χ1n) is 4.79. The van der Waals surface area contributed by atoms with Crippen LogP contribution < -0.4 is 4.74 Å². The van der Waals surface area contributed by atoms with Crippen LogP contribution in [0.25, 0.3) is 16.5 Å². The van der Waals surface area contributed by atoms with Crippen LogP contribution in [0.15, 0.2) is 33.9 Å². The van der Waals surface area contributed by atoms with E-state index < -0.39 is 0 Å². The lowest BCUT2D eigenvalue weighted by Crippen LogP contribution is -1.86. The molecule has 0 aliphatic rings. The Bertz CT molecular complexity index is 425. The first-order chi connectivity index (χ1) is 7.77. The third-order valence-corrected chi connectivity index (χ3v) is 2.45. The van der Waals surface area contributed by atoms with Crippen LogP contribution in [0.1, 0.15) is 12.0 Å². The number of rotatable bonds is 5. The molecular weight excluding hydrogens is 270 g/mol. The SMILES string of the molecule is COc1cc(Br)ccc1C=CCCN=[N+]=[N-]. The van der Waals surface area contributed by atoms with Gasteiger partial charge in [0.2, 0.25) is 0 Å². The van der Waals surface area contributed by atoms with Gasteiger partial charge in [0.15, 0.2) is 0 Å². The van der Waals surface area contributed by atoms with E-state index in [1.54, 1.807) is 7.11 Å². The Morgan fingerprint density at radius 3 is 3.06 bits per heavy atom. The Labute approximate surface area is 103 Å². The molecule has 0 amide bonds. The zero-order valence-electron chi connectivity index (χ0n) is 8.93. The summed E-state index contributed by atoms with van der Waals surface area (Å²) in [5.41, 5.74) is 9.11. The molecule has 0 unspecified atom stereocenters. The Morgan fingerprint density at radius 1 is 1.56 bits per heavy atom. The fourth-order valence-corrected chi connectivity index (χ4v) is 1.55. The first kappa shape index (κ1) is 12.6. The van der Waals surface area contributed by atoms with Crippen molar-refractivity contribution in [1.82, 2.24) is 0 Å². The minimum atomic E-state index is 0.478. The summed E-state index contributed by atoms with van der Waals surface area (Å²) in [6.45, 7) is 0.478. The van der Waals surface area contributed by atoms with E-state index in [-0.39, 0.29) is 0 Å². The van der Waals surface area contributed by atoms with Gasteiger partial charge in [-0.05, 0) is 24.1 Å². The van der Waals surface area contributed by atoms with Gasteiger partial charge in [-0.25, -0.2) is 0 Å². The second kappa shape index (κ2) is 6.93. The van der Waals surface area contributed by atoms with Crippen molar-refractivity contribution in [2.24, 2.45) is 5.11 Å². The van der Waals surface area contributed by atoms with Crippen LogP contribution in [0.5, 0.6) is 5.75 Å². The molecule has 1 aromatic rings. The van der Waals surface area contributed by atoms with Gasteiger partial charge in [0.25, 0.3) is 0 Å². The molecule has 1 aromatic carbocycles. The van der Waals surface area contributed by atoms with Crippen molar-refractivity contribution in [3.63, 3.8) is 0 Å². The maximum atomic E-state index is 8.10. The lowest BCUT2D eigenvalue weighted by Gasteiger charge is -2.04. The average molecular weight is 282 g/mol. The molecule has 0 aromatic heterocycles. The molecule has 0 heterocycles. The second-order valence-electron chi connectivity index (χ2n) is 3.03. The molecule has 16 heavy (non-hydrogen) atoms. The summed E-state index contributed by atoms with van der Waals surface area (Å²) in [5.74, 6) is 0.814. The number of ether oxygens (including phenoxy) is 1. The van der Waals surface area contributed by atoms with Crippen LogP contribution in [0.4, 0.5) is 0 Å². The van der Waals surface area contributed by atoms with E-state index in [0.717, 1.165) is 22.2 Å². The summed E-state index contributed by atoms with van der Waals surface area (Å²) < 4.78 is 6.22.